The maximum Gasteiger partial charge on any atom is 0.410 e. The van der Waals surface area contributed by atoms with Gasteiger partial charge in [-0.05, 0) is 18.4 Å². The maximum atomic E-state index is 12.0. The Morgan fingerprint density at radius 3 is 2.30 bits per heavy atom. The second-order valence-electron chi connectivity index (χ2n) is 5.10. The topological polar surface area (TPSA) is 66.8 Å². The second-order valence-corrected chi connectivity index (χ2v) is 5.10. The van der Waals surface area contributed by atoms with Crippen LogP contribution in [0.5, 0.6) is 0 Å². The Bertz CT molecular complexity index is 444. The summed E-state index contributed by atoms with van der Waals surface area (Å²) in [7, 11) is 0. The fraction of sp³-hybridized carbons (Fsp3) is 0.467. The molecule has 1 aromatic carbocycles. The number of carboxylic acid groups (broad SMARTS) is 1. The fourth-order valence-electron chi connectivity index (χ4n) is 1.59. The minimum Gasteiger partial charge on any atom is -0.480 e. The maximum absolute atomic E-state index is 12.0. The number of carbonyl (C=O) groups is 2. The predicted molar refractivity (Wildman–Crippen MR) is 75.3 cm³/mol. The average Bonchev–Trinajstić information content (AvgIpc) is 2.42. The smallest absolute Gasteiger partial charge is 0.410 e. The number of rotatable bonds is 6. The highest BCUT2D eigenvalue weighted by molar-refractivity contribution is 5.79. The number of nitrogens with zero attached hydrogens (tertiary/aromatic N) is 1. The van der Waals surface area contributed by atoms with Crippen LogP contribution in [-0.4, -0.2) is 34.7 Å². The lowest BCUT2D eigenvalue weighted by atomic mass is 10.2. The summed E-state index contributed by atoms with van der Waals surface area (Å²) in [5, 5.41) is 9.11. The molecule has 1 rings (SSSR count). The third-order valence-corrected chi connectivity index (χ3v) is 2.80. The highest BCUT2D eigenvalue weighted by atomic mass is 16.6. The molecule has 1 unspecified atom stereocenters. The van der Waals surface area contributed by atoms with Crippen molar-refractivity contribution >= 4 is 12.1 Å². The van der Waals surface area contributed by atoms with Crippen LogP contribution in [0.2, 0.25) is 0 Å². The summed E-state index contributed by atoms with van der Waals surface area (Å²) in [6.07, 6.45) is -0.600. The lowest BCUT2D eigenvalue weighted by Gasteiger charge is -2.26. The van der Waals surface area contributed by atoms with Gasteiger partial charge in [0.15, 0.2) is 0 Å². The van der Waals surface area contributed by atoms with Crippen LogP contribution in [0.3, 0.4) is 0 Å². The molecule has 5 nitrogen and oxygen atoms in total. The first-order valence-corrected chi connectivity index (χ1v) is 6.62. The third kappa shape index (κ3) is 4.91. The molecule has 0 heterocycles. The molecule has 0 radical (unpaired) electrons. The van der Waals surface area contributed by atoms with Crippen LogP contribution < -0.4 is 0 Å². The summed E-state index contributed by atoms with van der Waals surface area (Å²) in [5.41, 5.74) is 0.863. The van der Waals surface area contributed by atoms with Crippen molar-refractivity contribution in [2.75, 3.05) is 6.61 Å². The van der Waals surface area contributed by atoms with Gasteiger partial charge < -0.3 is 9.84 Å². The summed E-state index contributed by atoms with van der Waals surface area (Å²) >= 11 is 0. The van der Waals surface area contributed by atoms with Crippen LogP contribution in [0, 0.1) is 5.92 Å². The van der Waals surface area contributed by atoms with Crippen molar-refractivity contribution in [1.29, 1.82) is 0 Å². The van der Waals surface area contributed by atoms with Gasteiger partial charge in [-0.25, -0.2) is 9.59 Å². The SMILES string of the molecule is CC(C)COC(=O)N(Cc1ccccc1)C(C)C(=O)O. The number of hydrogen-bond donors (Lipinski definition) is 1. The molecule has 0 saturated carbocycles. The lowest BCUT2D eigenvalue weighted by molar-refractivity contribution is -0.142. The molecule has 0 spiro atoms. The summed E-state index contributed by atoms with van der Waals surface area (Å²) in [5.74, 6) is -0.847. The minimum absolute atomic E-state index is 0.206. The number of hydrogen-bond acceptors (Lipinski definition) is 3. The van der Waals surface area contributed by atoms with Crippen LogP contribution >= 0.6 is 0 Å². The van der Waals surface area contributed by atoms with Crippen molar-refractivity contribution in [1.82, 2.24) is 4.90 Å². The molecule has 20 heavy (non-hydrogen) atoms. The molecule has 1 atom stereocenters. The zero-order valence-electron chi connectivity index (χ0n) is 12.1. The number of ether oxygens (including phenoxy) is 1. The van der Waals surface area contributed by atoms with E-state index in [1.165, 1.54) is 11.8 Å². The highest BCUT2D eigenvalue weighted by Gasteiger charge is 2.27. The normalized spacial score (nSPS) is 12.0. The molecule has 0 aliphatic carbocycles. The minimum atomic E-state index is -1.05. The molecule has 1 N–H and O–H groups in total. The molecule has 0 saturated heterocycles. The van der Waals surface area contributed by atoms with E-state index in [0.29, 0.717) is 0 Å². The molecule has 0 aromatic heterocycles. The highest BCUT2D eigenvalue weighted by Crippen LogP contribution is 2.11. The molecular weight excluding hydrogens is 258 g/mol. The molecule has 0 fully saturated rings. The van der Waals surface area contributed by atoms with Gasteiger partial charge in [0.1, 0.15) is 6.04 Å². The number of carboxylic acids is 1. The standard InChI is InChI=1S/C15H21NO4/c1-11(2)10-20-15(19)16(12(3)14(17)18)9-13-7-5-4-6-8-13/h4-8,11-12H,9-10H2,1-3H3,(H,17,18). The monoisotopic (exact) mass is 279 g/mol. The summed E-state index contributed by atoms with van der Waals surface area (Å²) in [6, 6.07) is 8.31. The van der Waals surface area contributed by atoms with E-state index < -0.39 is 18.1 Å². The molecular formula is C15H21NO4. The predicted octanol–water partition coefficient (Wildman–Crippen LogP) is 2.75. The van der Waals surface area contributed by atoms with Crippen molar-refractivity contribution in [3.05, 3.63) is 35.9 Å². The van der Waals surface area contributed by atoms with Gasteiger partial charge in [0, 0.05) is 6.54 Å². The van der Waals surface area contributed by atoms with Gasteiger partial charge in [0.05, 0.1) is 6.61 Å². The molecule has 110 valence electrons. The Labute approximate surface area is 119 Å². The van der Waals surface area contributed by atoms with E-state index in [-0.39, 0.29) is 19.1 Å². The molecule has 0 bridgehead atoms. The lowest BCUT2D eigenvalue weighted by Crippen LogP contribution is -2.43. The van der Waals surface area contributed by atoms with Crippen molar-refractivity contribution in [3.63, 3.8) is 0 Å². The summed E-state index contributed by atoms with van der Waals surface area (Å²) < 4.78 is 5.13. The number of amides is 1. The summed E-state index contributed by atoms with van der Waals surface area (Å²) in [6.45, 7) is 5.81. The fourth-order valence-corrected chi connectivity index (χ4v) is 1.59. The Morgan fingerprint density at radius 1 is 1.20 bits per heavy atom. The van der Waals surface area contributed by atoms with Gasteiger partial charge >= 0.3 is 12.1 Å². The van der Waals surface area contributed by atoms with Crippen LogP contribution in [0.15, 0.2) is 30.3 Å². The van der Waals surface area contributed by atoms with Crippen LogP contribution in [0.4, 0.5) is 4.79 Å². The van der Waals surface area contributed by atoms with E-state index in [2.05, 4.69) is 0 Å². The van der Waals surface area contributed by atoms with Gasteiger partial charge in [0.25, 0.3) is 0 Å². The number of aliphatic carboxylic acids is 1. The molecule has 5 heteroatoms. The Balaban J connectivity index is 2.80. The zero-order chi connectivity index (χ0) is 15.1. The third-order valence-electron chi connectivity index (χ3n) is 2.80. The Morgan fingerprint density at radius 2 is 1.80 bits per heavy atom. The Kier molecular flexibility index (Phi) is 6.03. The van der Waals surface area contributed by atoms with Gasteiger partial charge in [-0.1, -0.05) is 44.2 Å². The van der Waals surface area contributed by atoms with Crippen molar-refractivity contribution in [2.24, 2.45) is 5.92 Å². The van der Waals surface area contributed by atoms with Crippen LogP contribution in [-0.2, 0) is 16.1 Å². The first-order valence-electron chi connectivity index (χ1n) is 6.62. The quantitative estimate of drug-likeness (QED) is 0.869. The van der Waals surface area contributed by atoms with E-state index in [9.17, 15) is 9.59 Å². The first-order chi connectivity index (χ1) is 9.41. The van der Waals surface area contributed by atoms with E-state index >= 15 is 0 Å². The Hall–Kier alpha value is -2.04. The van der Waals surface area contributed by atoms with Crippen molar-refractivity contribution in [2.45, 2.75) is 33.4 Å². The number of benzene rings is 1. The van der Waals surface area contributed by atoms with Crippen LogP contribution in [0.25, 0.3) is 0 Å². The van der Waals surface area contributed by atoms with E-state index in [4.69, 9.17) is 9.84 Å². The molecule has 0 aliphatic heterocycles. The molecule has 1 amide bonds. The first kappa shape index (κ1) is 16.0. The van der Waals surface area contributed by atoms with Gasteiger partial charge in [-0.3, -0.25) is 4.90 Å². The second kappa shape index (κ2) is 7.53. The van der Waals surface area contributed by atoms with Crippen molar-refractivity contribution in [3.8, 4) is 0 Å². The summed E-state index contributed by atoms with van der Waals surface area (Å²) in [4.78, 5) is 24.4. The average molecular weight is 279 g/mol. The van der Waals surface area contributed by atoms with E-state index in [1.807, 2.05) is 44.2 Å². The van der Waals surface area contributed by atoms with Gasteiger partial charge in [-0.15, -0.1) is 0 Å². The number of carbonyl (C=O) groups excluding carboxylic acids is 1. The van der Waals surface area contributed by atoms with Gasteiger partial charge in [0.2, 0.25) is 0 Å². The zero-order valence-corrected chi connectivity index (χ0v) is 12.1. The molecule has 0 aliphatic rings. The van der Waals surface area contributed by atoms with E-state index in [0.717, 1.165) is 5.56 Å². The largest absolute Gasteiger partial charge is 0.480 e. The molecule has 1 aromatic rings. The van der Waals surface area contributed by atoms with Gasteiger partial charge in [-0.2, -0.15) is 0 Å². The van der Waals surface area contributed by atoms with Crippen molar-refractivity contribution < 1.29 is 19.4 Å². The van der Waals surface area contributed by atoms with E-state index in [1.54, 1.807) is 0 Å². The van der Waals surface area contributed by atoms with Crippen LogP contribution in [0.1, 0.15) is 26.3 Å².